The molecular weight excluding hydrogens is 379 g/mol. The third kappa shape index (κ3) is 3.75. The van der Waals surface area contributed by atoms with Crippen molar-refractivity contribution in [1.29, 1.82) is 0 Å². The Labute approximate surface area is 165 Å². The number of aromatic nitrogens is 1. The van der Waals surface area contributed by atoms with Crippen LogP contribution in [0.15, 0.2) is 65.3 Å². The van der Waals surface area contributed by atoms with Gasteiger partial charge in [-0.3, -0.25) is 9.69 Å². The second-order valence-electron chi connectivity index (χ2n) is 6.04. The Morgan fingerprint density at radius 1 is 1.21 bits per heavy atom. The molecule has 0 aliphatic rings. The average molecular weight is 396 g/mol. The lowest BCUT2D eigenvalue weighted by Gasteiger charge is -2.19. The molecule has 0 spiro atoms. The summed E-state index contributed by atoms with van der Waals surface area (Å²) >= 11 is 1.26. The third-order valence-corrected chi connectivity index (χ3v) is 5.16. The minimum absolute atomic E-state index is 0.223. The molecule has 5 nitrogen and oxygen atoms in total. The highest BCUT2D eigenvalue weighted by Crippen LogP contribution is 2.31. The highest BCUT2D eigenvalue weighted by Gasteiger charge is 2.23. The summed E-state index contributed by atoms with van der Waals surface area (Å²) in [6.07, 6.45) is 1.56. The van der Waals surface area contributed by atoms with E-state index in [0.29, 0.717) is 39.0 Å². The molecular formula is C21H17FN2O3S. The van der Waals surface area contributed by atoms with Crippen LogP contribution in [0.2, 0.25) is 0 Å². The van der Waals surface area contributed by atoms with E-state index in [1.807, 2.05) is 6.92 Å². The number of rotatable bonds is 6. The van der Waals surface area contributed by atoms with E-state index in [2.05, 4.69) is 4.98 Å². The maximum atomic E-state index is 13.5. The lowest BCUT2D eigenvalue weighted by atomic mass is 10.2. The summed E-state index contributed by atoms with van der Waals surface area (Å²) in [6.45, 7) is 2.68. The summed E-state index contributed by atoms with van der Waals surface area (Å²) in [4.78, 5) is 19.3. The summed E-state index contributed by atoms with van der Waals surface area (Å²) in [5.41, 5.74) is 1.14. The zero-order valence-electron chi connectivity index (χ0n) is 15.1. The predicted molar refractivity (Wildman–Crippen MR) is 106 cm³/mol. The Kier molecular flexibility index (Phi) is 5.08. The first-order valence-corrected chi connectivity index (χ1v) is 9.59. The zero-order chi connectivity index (χ0) is 19.5. The first-order chi connectivity index (χ1) is 13.6. The quantitative estimate of drug-likeness (QED) is 0.445. The van der Waals surface area contributed by atoms with E-state index >= 15 is 0 Å². The van der Waals surface area contributed by atoms with Gasteiger partial charge in [0.1, 0.15) is 17.3 Å². The fourth-order valence-electron chi connectivity index (χ4n) is 2.80. The molecule has 0 unspecified atom stereocenters. The summed E-state index contributed by atoms with van der Waals surface area (Å²) in [5.74, 6) is 0.772. The van der Waals surface area contributed by atoms with E-state index in [4.69, 9.17) is 9.15 Å². The zero-order valence-corrected chi connectivity index (χ0v) is 15.9. The smallest absolute Gasteiger partial charge is 0.260 e. The van der Waals surface area contributed by atoms with Gasteiger partial charge in [0.15, 0.2) is 5.13 Å². The molecule has 0 atom stereocenters. The van der Waals surface area contributed by atoms with Crippen molar-refractivity contribution in [3.8, 4) is 5.75 Å². The van der Waals surface area contributed by atoms with Crippen molar-refractivity contribution in [2.45, 2.75) is 13.5 Å². The lowest BCUT2D eigenvalue weighted by Crippen LogP contribution is -2.30. The van der Waals surface area contributed by atoms with Gasteiger partial charge >= 0.3 is 0 Å². The minimum Gasteiger partial charge on any atom is -0.494 e. The number of hydrogen-bond acceptors (Lipinski definition) is 5. The van der Waals surface area contributed by atoms with Crippen LogP contribution >= 0.6 is 11.3 Å². The molecule has 0 radical (unpaired) electrons. The maximum absolute atomic E-state index is 13.5. The average Bonchev–Trinajstić information content (AvgIpc) is 3.35. The third-order valence-electron chi connectivity index (χ3n) is 4.12. The van der Waals surface area contributed by atoms with Crippen LogP contribution in [0.3, 0.4) is 0 Å². The van der Waals surface area contributed by atoms with Crippen LogP contribution in [-0.4, -0.2) is 17.5 Å². The number of ether oxygens (including phenoxy) is 1. The van der Waals surface area contributed by atoms with Crippen LogP contribution in [0.5, 0.6) is 5.75 Å². The number of thiazole rings is 1. The van der Waals surface area contributed by atoms with E-state index < -0.39 is 0 Å². The van der Waals surface area contributed by atoms with Gasteiger partial charge in [0.2, 0.25) is 0 Å². The van der Waals surface area contributed by atoms with Crippen molar-refractivity contribution in [3.63, 3.8) is 0 Å². The number of hydrogen-bond donors (Lipinski definition) is 0. The summed E-state index contributed by atoms with van der Waals surface area (Å²) < 4.78 is 25.1. The summed E-state index contributed by atoms with van der Waals surface area (Å²) in [5, 5.41) is 0.482. The van der Waals surface area contributed by atoms with Gasteiger partial charge in [-0.2, -0.15) is 0 Å². The molecule has 0 fully saturated rings. The Bertz CT molecular complexity index is 1090. The number of carbonyl (C=O) groups excluding carboxylic acids is 1. The van der Waals surface area contributed by atoms with E-state index in [0.717, 1.165) is 0 Å². The molecule has 1 amide bonds. The minimum atomic E-state index is -0.335. The van der Waals surface area contributed by atoms with Crippen LogP contribution in [0.1, 0.15) is 23.0 Å². The first kappa shape index (κ1) is 18.2. The Morgan fingerprint density at radius 3 is 2.75 bits per heavy atom. The van der Waals surface area contributed by atoms with Gasteiger partial charge in [-0.15, -0.1) is 0 Å². The number of carbonyl (C=O) groups is 1. The van der Waals surface area contributed by atoms with Gasteiger partial charge in [-0.25, -0.2) is 9.37 Å². The maximum Gasteiger partial charge on any atom is 0.260 e. The van der Waals surface area contributed by atoms with Gasteiger partial charge in [0, 0.05) is 5.56 Å². The van der Waals surface area contributed by atoms with Gasteiger partial charge < -0.3 is 9.15 Å². The molecule has 0 N–H and O–H groups in total. The normalized spacial score (nSPS) is 10.9. The standard InChI is InChI=1S/C21H17FN2O3S/c1-2-26-16-8-5-14(6-9-16)20(25)24(13-17-4-3-11-27-17)21-23-18-10-7-15(22)12-19(18)28-21/h3-12H,2,13H2,1H3. The molecule has 0 bridgehead atoms. The van der Waals surface area contributed by atoms with Crippen molar-refractivity contribution < 1.29 is 18.3 Å². The Hall–Kier alpha value is -3.19. The van der Waals surface area contributed by atoms with Gasteiger partial charge in [0.05, 0.1) is 29.6 Å². The van der Waals surface area contributed by atoms with Crippen molar-refractivity contribution in [2.75, 3.05) is 11.5 Å². The largest absolute Gasteiger partial charge is 0.494 e. The van der Waals surface area contributed by atoms with E-state index in [9.17, 15) is 9.18 Å². The molecule has 7 heteroatoms. The number of amides is 1. The molecule has 4 rings (SSSR count). The molecule has 0 saturated heterocycles. The molecule has 0 aliphatic heterocycles. The van der Waals surface area contributed by atoms with E-state index in [1.165, 1.54) is 28.4 Å². The fraction of sp³-hybridized carbons (Fsp3) is 0.143. The molecule has 0 aliphatic carbocycles. The molecule has 28 heavy (non-hydrogen) atoms. The Morgan fingerprint density at radius 2 is 2.04 bits per heavy atom. The summed E-state index contributed by atoms with van der Waals surface area (Å²) in [6, 6.07) is 14.9. The number of halogens is 1. The topological polar surface area (TPSA) is 55.6 Å². The van der Waals surface area contributed by atoms with Crippen molar-refractivity contribution in [3.05, 3.63) is 78.0 Å². The molecule has 2 aromatic heterocycles. The van der Waals surface area contributed by atoms with Crippen LogP contribution in [-0.2, 0) is 6.54 Å². The van der Waals surface area contributed by atoms with Crippen LogP contribution in [0, 0.1) is 5.82 Å². The highest BCUT2D eigenvalue weighted by atomic mass is 32.1. The molecule has 142 valence electrons. The van der Waals surface area contributed by atoms with Gasteiger partial charge in [-0.05, 0) is 61.5 Å². The lowest BCUT2D eigenvalue weighted by molar-refractivity contribution is 0.0983. The number of anilines is 1. The molecule has 4 aromatic rings. The SMILES string of the molecule is CCOc1ccc(C(=O)N(Cc2ccco2)c2nc3ccc(F)cc3s2)cc1. The fourth-order valence-corrected chi connectivity index (χ4v) is 3.79. The highest BCUT2D eigenvalue weighted by molar-refractivity contribution is 7.22. The number of benzene rings is 2. The molecule has 2 aromatic carbocycles. The molecule has 2 heterocycles. The monoisotopic (exact) mass is 396 g/mol. The van der Waals surface area contributed by atoms with Crippen LogP contribution < -0.4 is 9.64 Å². The van der Waals surface area contributed by atoms with Crippen LogP contribution in [0.4, 0.5) is 9.52 Å². The number of nitrogens with zero attached hydrogens (tertiary/aromatic N) is 2. The summed E-state index contributed by atoms with van der Waals surface area (Å²) in [7, 11) is 0. The molecule has 0 saturated carbocycles. The second-order valence-corrected chi connectivity index (χ2v) is 7.05. The predicted octanol–water partition coefficient (Wildman–Crippen LogP) is 5.27. The van der Waals surface area contributed by atoms with E-state index in [1.54, 1.807) is 48.7 Å². The first-order valence-electron chi connectivity index (χ1n) is 8.77. The van der Waals surface area contributed by atoms with Gasteiger partial charge in [0.25, 0.3) is 5.91 Å². The number of fused-ring (bicyclic) bond motifs is 1. The van der Waals surface area contributed by atoms with Gasteiger partial charge in [-0.1, -0.05) is 11.3 Å². The van der Waals surface area contributed by atoms with Crippen molar-refractivity contribution in [1.82, 2.24) is 4.98 Å². The van der Waals surface area contributed by atoms with Crippen molar-refractivity contribution in [2.24, 2.45) is 0 Å². The number of furan rings is 1. The Balaban J connectivity index is 1.70. The van der Waals surface area contributed by atoms with E-state index in [-0.39, 0.29) is 18.3 Å². The van der Waals surface area contributed by atoms with Crippen LogP contribution in [0.25, 0.3) is 10.2 Å². The second kappa shape index (κ2) is 7.82. The van der Waals surface area contributed by atoms with Crippen molar-refractivity contribution >= 4 is 32.6 Å².